The van der Waals surface area contributed by atoms with Gasteiger partial charge in [-0.2, -0.15) is 0 Å². The molecule has 2 atom stereocenters. The van der Waals surface area contributed by atoms with Crippen molar-refractivity contribution in [3.63, 3.8) is 0 Å². The van der Waals surface area contributed by atoms with Gasteiger partial charge in [0.2, 0.25) is 0 Å². The second-order valence-corrected chi connectivity index (χ2v) is 9.22. The van der Waals surface area contributed by atoms with E-state index in [1.807, 2.05) is 6.92 Å². The zero-order valence-electron chi connectivity index (χ0n) is 17.5. The summed E-state index contributed by atoms with van der Waals surface area (Å²) in [6, 6.07) is 0. The van der Waals surface area contributed by atoms with Gasteiger partial charge in [0.15, 0.2) is 0 Å². The summed E-state index contributed by atoms with van der Waals surface area (Å²) in [6.45, 7) is 3.99. The summed E-state index contributed by atoms with van der Waals surface area (Å²) in [5.41, 5.74) is 0. The van der Waals surface area contributed by atoms with Crippen molar-refractivity contribution in [1.82, 2.24) is 0 Å². The van der Waals surface area contributed by atoms with Crippen molar-refractivity contribution in [2.24, 2.45) is 0 Å². The quantitative estimate of drug-likeness (QED) is 0.212. The number of aliphatic hydroxyl groups excluding tert-OH is 1. The van der Waals surface area contributed by atoms with Crippen LogP contribution in [0.3, 0.4) is 0 Å². The maximum absolute atomic E-state index is 11.4. The predicted molar refractivity (Wildman–Crippen MR) is 105 cm³/mol. The third kappa shape index (κ3) is 20.2. The van der Waals surface area contributed by atoms with Crippen LogP contribution in [0.4, 0.5) is 0 Å². The van der Waals surface area contributed by atoms with Crippen molar-refractivity contribution in [1.29, 1.82) is 0 Å². The van der Waals surface area contributed by atoms with E-state index in [1.165, 1.54) is 38.5 Å². The van der Waals surface area contributed by atoms with Gasteiger partial charge < -0.3 is 9.66 Å². The second-order valence-electron chi connectivity index (χ2n) is 7.57. The number of unbranched alkanes of at least 4 members (excludes halogenated alkanes) is 11. The van der Waals surface area contributed by atoms with Gasteiger partial charge in [0.1, 0.15) is 0 Å². The maximum atomic E-state index is 11.4. The Labute approximate surface area is 205 Å². The molecule has 0 aliphatic carbocycles. The molecule has 0 aromatic heterocycles. The Balaban J connectivity index is 0. The van der Waals surface area contributed by atoms with Crippen LogP contribution in [0.1, 0.15) is 117 Å². The number of hydrogen-bond acceptors (Lipinski definition) is 4. The molecular weight excluding hydrogens is 375 g/mol. The van der Waals surface area contributed by atoms with Crippen LogP contribution in [0.5, 0.6) is 0 Å². The van der Waals surface area contributed by atoms with E-state index in [-0.39, 0.29) is 57.5 Å². The van der Waals surface area contributed by atoms with E-state index in [2.05, 4.69) is 6.92 Å². The van der Waals surface area contributed by atoms with E-state index in [0.29, 0.717) is 12.8 Å². The minimum absolute atomic E-state index is 0. The van der Waals surface area contributed by atoms with Gasteiger partial charge in [0, 0.05) is 5.25 Å². The molecular formula is C20H41KO4S. The van der Waals surface area contributed by atoms with Crippen LogP contribution in [0.25, 0.3) is 0 Å². The van der Waals surface area contributed by atoms with Crippen LogP contribution in [0.2, 0.25) is 0 Å². The molecule has 0 aliphatic rings. The summed E-state index contributed by atoms with van der Waals surface area (Å²) in [7, 11) is -4.14. The summed E-state index contributed by atoms with van der Waals surface area (Å²) in [5, 5.41) is 8.51. The van der Waals surface area contributed by atoms with E-state index in [1.54, 1.807) is 0 Å². The maximum Gasteiger partial charge on any atom is 1.00 e. The molecule has 0 aromatic rings. The summed E-state index contributed by atoms with van der Waals surface area (Å²) in [4.78, 5) is 0. The molecule has 0 saturated heterocycles. The van der Waals surface area contributed by atoms with E-state index >= 15 is 0 Å². The Morgan fingerprint density at radius 2 is 1.08 bits per heavy atom. The molecule has 0 radical (unpaired) electrons. The molecule has 0 fully saturated rings. The monoisotopic (exact) mass is 416 g/mol. The molecule has 1 N–H and O–H groups in total. The fourth-order valence-electron chi connectivity index (χ4n) is 3.28. The fraction of sp³-hybridized carbons (Fsp3) is 1.00. The van der Waals surface area contributed by atoms with Gasteiger partial charge in [-0.25, -0.2) is 8.42 Å². The third-order valence-electron chi connectivity index (χ3n) is 4.94. The largest absolute Gasteiger partial charge is 1.00 e. The average Bonchev–Trinajstić information content (AvgIpc) is 2.53. The summed E-state index contributed by atoms with van der Waals surface area (Å²) >= 11 is 0. The van der Waals surface area contributed by atoms with Crippen molar-refractivity contribution in [3.8, 4) is 0 Å². The van der Waals surface area contributed by atoms with Crippen molar-refractivity contribution in [3.05, 3.63) is 0 Å². The normalized spacial score (nSPS) is 14.0. The predicted octanol–water partition coefficient (Wildman–Crippen LogP) is 2.55. The van der Waals surface area contributed by atoms with Crippen molar-refractivity contribution < 1.29 is 69.5 Å². The molecule has 0 aromatic carbocycles. The number of aliphatic hydroxyl groups is 1. The molecule has 0 heterocycles. The Morgan fingerprint density at radius 1 is 0.731 bits per heavy atom. The minimum Gasteiger partial charge on any atom is -0.748 e. The van der Waals surface area contributed by atoms with Crippen molar-refractivity contribution in [2.45, 2.75) is 128 Å². The molecule has 0 rings (SSSR count). The molecule has 152 valence electrons. The van der Waals surface area contributed by atoms with Crippen LogP contribution < -0.4 is 51.4 Å². The number of hydrogen-bond donors (Lipinski definition) is 1. The first-order chi connectivity index (χ1) is 11.9. The first-order valence-corrected chi connectivity index (χ1v) is 12.0. The molecule has 0 saturated carbocycles. The van der Waals surface area contributed by atoms with Gasteiger partial charge in [-0.05, 0) is 26.2 Å². The van der Waals surface area contributed by atoms with Crippen LogP contribution in [0, 0.1) is 0 Å². The fourth-order valence-corrected chi connectivity index (χ4v) is 4.19. The molecule has 6 heteroatoms. The average molecular weight is 417 g/mol. The van der Waals surface area contributed by atoms with Crippen LogP contribution in [-0.4, -0.2) is 29.4 Å². The van der Waals surface area contributed by atoms with E-state index < -0.39 is 15.4 Å². The van der Waals surface area contributed by atoms with Gasteiger partial charge in [0.05, 0.1) is 16.2 Å². The first-order valence-electron chi connectivity index (χ1n) is 10.5. The first kappa shape index (κ1) is 29.7. The third-order valence-corrected chi connectivity index (χ3v) is 6.22. The molecule has 26 heavy (non-hydrogen) atoms. The van der Waals surface area contributed by atoms with Crippen LogP contribution in [0.15, 0.2) is 0 Å². The zero-order valence-corrected chi connectivity index (χ0v) is 21.5. The SMILES string of the molecule is CCCCCCCC(CCCCCCCCCCC(C)O)S(=O)(=O)[O-].[K+]. The minimum atomic E-state index is -4.14. The Hall–Kier alpha value is 1.51. The number of rotatable bonds is 18. The van der Waals surface area contributed by atoms with E-state index in [0.717, 1.165) is 51.4 Å². The summed E-state index contributed by atoms with van der Waals surface area (Å²) < 4.78 is 34.2. The smallest absolute Gasteiger partial charge is 0.748 e. The van der Waals surface area contributed by atoms with E-state index in [9.17, 15) is 18.1 Å². The molecule has 0 spiro atoms. The Kier molecular flexibility index (Phi) is 22.6. The van der Waals surface area contributed by atoms with Crippen molar-refractivity contribution in [2.75, 3.05) is 0 Å². The molecule has 0 amide bonds. The Bertz CT molecular complexity index is 385. The zero-order chi connectivity index (χ0) is 19.0. The van der Waals surface area contributed by atoms with Crippen LogP contribution >= 0.6 is 0 Å². The molecule has 0 aliphatic heterocycles. The van der Waals surface area contributed by atoms with Gasteiger partial charge >= 0.3 is 51.4 Å². The molecule has 4 nitrogen and oxygen atoms in total. The van der Waals surface area contributed by atoms with Gasteiger partial charge in [-0.15, -0.1) is 0 Å². The van der Waals surface area contributed by atoms with Gasteiger partial charge in [-0.3, -0.25) is 0 Å². The second kappa shape index (κ2) is 19.8. The Morgan fingerprint density at radius 3 is 1.42 bits per heavy atom. The summed E-state index contributed by atoms with van der Waals surface area (Å²) in [6.07, 6.45) is 16.1. The standard InChI is InChI=1S/C20H42O4S.K/c1-3-4-5-10-14-17-20(25(22,23)24)18-15-12-9-7-6-8-11-13-16-19(2)21;/h19-21H,3-18H2,1-2H3,(H,22,23,24);/q;+1/p-1. The van der Waals surface area contributed by atoms with Crippen LogP contribution in [-0.2, 0) is 10.1 Å². The topological polar surface area (TPSA) is 77.4 Å². The van der Waals surface area contributed by atoms with Crippen molar-refractivity contribution >= 4 is 10.1 Å². The molecule has 2 unspecified atom stereocenters. The molecule has 0 bridgehead atoms. The summed E-state index contributed by atoms with van der Waals surface area (Å²) in [5.74, 6) is 0. The van der Waals surface area contributed by atoms with E-state index in [4.69, 9.17) is 0 Å². The van der Waals surface area contributed by atoms with Gasteiger partial charge in [-0.1, -0.05) is 90.4 Å². The van der Waals surface area contributed by atoms with Gasteiger partial charge in [0.25, 0.3) is 0 Å².